The maximum Gasteiger partial charge on any atom is 0.422 e. The summed E-state index contributed by atoms with van der Waals surface area (Å²) in [5.41, 5.74) is 0. The Morgan fingerprint density at radius 2 is 1.27 bits per heavy atom. The molecule has 1 fully saturated rings. The highest BCUT2D eigenvalue weighted by molar-refractivity contribution is 8.00. The van der Waals surface area contributed by atoms with Crippen molar-refractivity contribution in [1.29, 1.82) is 0 Å². The first-order chi connectivity index (χ1) is 23.9. The van der Waals surface area contributed by atoms with Gasteiger partial charge in [0, 0.05) is 30.1 Å². The van der Waals surface area contributed by atoms with Crippen LogP contribution >= 0.6 is 11.8 Å². The monoisotopic (exact) mass is 714 g/mol. The number of ether oxygens (including phenoxy) is 1. The Balaban J connectivity index is 2.37. The molecular weight excluding hydrogens is 639 g/mol. The molecule has 1 aliphatic carbocycles. The van der Waals surface area contributed by atoms with E-state index in [1.54, 1.807) is 11.8 Å². The van der Waals surface area contributed by atoms with Crippen LogP contribution in [0.2, 0.25) is 0 Å². The van der Waals surface area contributed by atoms with Crippen molar-refractivity contribution in [2.75, 3.05) is 25.7 Å². The molecule has 49 heavy (non-hydrogen) atoms. The smallest absolute Gasteiger partial charge is 0.422 e. The number of hydrazine groups is 1. The van der Waals surface area contributed by atoms with Gasteiger partial charge in [-0.1, -0.05) is 149 Å². The van der Waals surface area contributed by atoms with Gasteiger partial charge in [0.25, 0.3) is 0 Å². The van der Waals surface area contributed by atoms with Crippen molar-refractivity contribution in [3.8, 4) is 0 Å². The van der Waals surface area contributed by atoms with Crippen molar-refractivity contribution in [3.63, 3.8) is 0 Å². The summed E-state index contributed by atoms with van der Waals surface area (Å²) in [6.45, 7) is 6.68. The van der Waals surface area contributed by atoms with E-state index < -0.39 is 18.9 Å². The van der Waals surface area contributed by atoms with Gasteiger partial charge in [0.2, 0.25) is 5.91 Å². The molecule has 0 bridgehead atoms. The van der Waals surface area contributed by atoms with Crippen LogP contribution < -0.4 is 5.32 Å². The van der Waals surface area contributed by atoms with Gasteiger partial charge < -0.3 is 25.1 Å². The predicted octanol–water partition coefficient (Wildman–Crippen LogP) is 9.50. The molecule has 0 spiro atoms. The van der Waals surface area contributed by atoms with Crippen molar-refractivity contribution in [2.45, 2.75) is 205 Å². The number of aliphatic hydroxyl groups is 1. The normalized spacial score (nSPS) is 16.8. The summed E-state index contributed by atoms with van der Waals surface area (Å²) in [5, 5.41) is 25.2. The summed E-state index contributed by atoms with van der Waals surface area (Å²) < 4.78 is 6.06. The highest BCUT2D eigenvalue weighted by atomic mass is 32.2. The minimum absolute atomic E-state index is 0.0647. The number of nitrogens with zero attached hydrogens (tertiary/aromatic N) is 2. The van der Waals surface area contributed by atoms with Gasteiger partial charge in [-0.05, 0) is 26.2 Å². The van der Waals surface area contributed by atoms with Crippen LogP contribution in [0.15, 0.2) is 0 Å². The molecule has 0 saturated heterocycles. The zero-order chi connectivity index (χ0) is 36.0. The van der Waals surface area contributed by atoms with Gasteiger partial charge in [-0.15, -0.1) is 0 Å². The lowest BCUT2D eigenvalue weighted by molar-refractivity contribution is -0.125. The van der Waals surface area contributed by atoms with Crippen LogP contribution in [0, 0.1) is 0 Å². The minimum Gasteiger partial charge on any atom is -0.464 e. The van der Waals surface area contributed by atoms with Crippen LogP contribution in [-0.2, 0) is 14.3 Å². The molecule has 0 heterocycles. The van der Waals surface area contributed by atoms with Crippen molar-refractivity contribution >= 4 is 30.0 Å². The molecule has 4 atom stereocenters. The number of carbonyl (C=O) groups is 3. The Kier molecular flexibility index (Phi) is 29.2. The summed E-state index contributed by atoms with van der Waals surface area (Å²) in [7, 11) is 0. The molecule has 1 aliphatic rings. The summed E-state index contributed by atoms with van der Waals surface area (Å²) in [6, 6.07) is -1.19. The van der Waals surface area contributed by atoms with E-state index in [0.29, 0.717) is 38.1 Å². The van der Waals surface area contributed by atoms with E-state index in [9.17, 15) is 24.6 Å². The van der Waals surface area contributed by atoms with E-state index >= 15 is 0 Å². The number of aliphatic hydroxyl groups excluding tert-OH is 1. The molecule has 2 amide bonds. The molecule has 0 radical (unpaired) electrons. The Bertz CT molecular complexity index is 822. The molecule has 10 heteroatoms. The number of aldehydes is 1. The van der Waals surface area contributed by atoms with Crippen molar-refractivity contribution in [2.24, 2.45) is 0 Å². The van der Waals surface area contributed by atoms with Gasteiger partial charge in [-0.2, -0.15) is 16.8 Å². The largest absolute Gasteiger partial charge is 0.464 e. The zero-order valence-corrected chi connectivity index (χ0v) is 32.5. The number of hydrogen-bond donors (Lipinski definition) is 3. The molecule has 0 aromatic heterocycles. The molecule has 288 valence electrons. The molecule has 1 saturated carbocycles. The number of hydrogen-bond acceptors (Lipinski definition) is 7. The summed E-state index contributed by atoms with van der Waals surface area (Å²) >= 11 is 1.67. The van der Waals surface area contributed by atoms with E-state index in [2.05, 4.69) is 19.2 Å². The van der Waals surface area contributed by atoms with Crippen LogP contribution in [0.1, 0.15) is 181 Å². The number of nitrogens with one attached hydrogen (secondary N) is 1. The molecule has 1 rings (SSSR count). The van der Waals surface area contributed by atoms with E-state index in [-0.39, 0.29) is 23.2 Å². The van der Waals surface area contributed by atoms with E-state index in [1.807, 2.05) is 0 Å². The van der Waals surface area contributed by atoms with Crippen LogP contribution in [0.3, 0.4) is 0 Å². The molecule has 2 unspecified atom stereocenters. The first kappa shape index (κ1) is 45.7. The number of carbonyl (C=O) groups excluding carboxylic acids is 2. The Labute approximate surface area is 304 Å². The van der Waals surface area contributed by atoms with E-state index in [1.165, 1.54) is 140 Å². The molecule has 0 aromatic rings. The standard InChI is InChI=1S/C39H75N3O6S/c1-4-6-8-10-12-14-15-16-17-18-20-22-24-26-28-48-31-35(40-38(45)27-25-23-21-19-13-11-9-7-5-2)32-49-37-29-36(37)41(33-44)42(39(46)47)34(3)30-43/h30,34-37,44H,4-29,31-33H2,1-3H3,(H,40,45)(H,46,47)/t34?,35-,36?,37-/m1/s1. The molecule has 0 aromatic carbocycles. The third kappa shape index (κ3) is 23.7. The first-order valence-electron chi connectivity index (χ1n) is 20.2. The first-order valence-corrected chi connectivity index (χ1v) is 21.3. The second-order valence-corrected chi connectivity index (χ2v) is 15.5. The second kappa shape index (κ2) is 31.4. The zero-order valence-electron chi connectivity index (χ0n) is 31.7. The second-order valence-electron chi connectivity index (χ2n) is 14.3. The summed E-state index contributed by atoms with van der Waals surface area (Å²) in [5.74, 6) is 0.716. The van der Waals surface area contributed by atoms with Crippen LogP contribution in [0.4, 0.5) is 4.79 Å². The SMILES string of the molecule is CCCCCCCCCCCCCCCCOC[C@H](CS[C@@H]1CC1N(CO)N(C(=O)O)C(C)C=O)NC(=O)CCCCCCCCCCC. The summed E-state index contributed by atoms with van der Waals surface area (Å²) in [6.07, 6.45) is 29.9. The van der Waals surface area contributed by atoms with Crippen LogP contribution in [0.5, 0.6) is 0 Å². The Hall–Kier alpha value is -1.36. The number of carboxylic acid groups (broad SMARTS) is 1. The molecule has 3 N–H and O–H groups in total. The third-order valence-corrected chi connectivity index (χ3v) is 11.2. The predicted molar refractivity (Wildman–Crippen MR) is 204 cm³/mol. The van der Waals surface area contributed by atoms with Crippen molar-refractivity contribution in [1.82, 2.24) is 15.3 Å². The van der Waals surface area contributed by atoms with Gasteiger partial charge in [-0.25, -0.2) is 9.80 Å². The van der Waals surface area contributed by atoms with Crippen LogP contribution in [-0.4, -0.2) is 87.6 Å². The fourth-order valence-electron chi connectivity index (χ4n) is 6.45. The Morgan fingerprint density at radius 1 is 0.796 bits per heavy atom. The Morgan fingerprint density at radius 3 is 1.71 bits per heavy atom. The number of amides is 2. The molecule has 0 aliphatic heterocycles. The highest BCUT2D eigenvalue weighted by Gasteiger charge is 2.46. The van der Waals surface area contributed by atoms with E-state index in [4.69, 9.17) is 4.74 Å². The number of rotatable bonds is 36. The topological polar surface area (TPSA) is 119 Å². The maximum atomic E-state index is 12.9. The van der Waals surface area contributed by atoms with Gasteiger partial charge in [-0.3, -0.25) is 4.79 Å². The lowest BCUT2D eigenvalue weighted by atomic mass is 10.0. The lowest BCUT2D eigenvalue weighted by Crippen LogP contribution is -2.53. The average molecular weight is 714 g/mol. The van der Waals surface area contributed by atoms with Gasteiger partial charge >= 0.3 is 6.09 Å². The van der Waals surface area contributed by atoms with Gasteiger partial charge in [0.05, 0.1) is 12.6 Å². The fourth-order valence-corrected chi connectivity index (χ4v) is 7.81. The lowest BCUT2D eigenvalue weighted by Gasteiger charge is -2.33. The quantitative estimate of drug-likeness (QED) is 0.0254. The average Bonchev–Trinajstić information content (AvgIpc) is 3.87. The summed E-state index contributed by atoms with van der Waals surface area (Å²) in [4.78, 5) is 36.0. The van der Waals surface area contributed by atoms with Crippen LogP contribution in [0.25, 0.3) is 0 Å². The third-order valence-electron chi connectivity index (χ3n) is 9.63. The van der Waals surface area contributed by atoms with E-state index in [0.717, 1.165) is 24.3 Å². The molecular formula is C39H75N3O6S. The van der Waals surface area contributed by atoms with Gasteiger partial charge in [0.15, 0.2) is 0 Å². The van der Waals surface area contributed by atoms with Crippen molar-refractivity contribution in [3.05, 3.63) is 0 Å². The maximum absolute atomic E-state index is 12.9. The number of unbranched alkanes of at least 4 members (excludes halogenated alkanes) is 21. The number of thioether (sulfide) groups is 1. The minimum atomic E-state index is -1.26. The molecule has 9 nitrogen and oxygen atoms in total. The fraction of sp³-hybridized carbons (Fsp3) is 0.923. The highest BCUT2D eigenvalue weighted by Crippen LogP contribution is 2.40. The van der Waals surface area contributed by atoms with Crippen molar-refractivity contribution < 1.29 is 29.3 Å². The van der Waals surface area contributed by atoms with Gasteiger partial charge in [0.1, 0.15) is 19.1 Å².